The topological polar surface area (TPSA) is 56.7 Å². The van der Waals surface area contributed by atoms with Crippen LogP contribution in [0, 0.1) is 5.92 Å². The van der Waals surface area contributed by atoms with E-state index in [1.165, 1.54) is 0 Å². The van der Waals surface area contributed by atoms with E-state index in [1.807, 2.05) is 24.3 Å². The zero-order chi connectivity index (χ0) is 17.4. The monoisotopic (exact) mass is 382 g/mol. The van der Waals surface area contributed by atoms with Gasteiger partial charge in [0.05, 0.1) is 13.1 Å². The lowest BCUT2D eigenvalue weighted by Crippen LogP contribution is -2.47. The van der Waals surface area contributed by atoms with Crippen molar-refractivity contribution in [2.24, 2.45) is 10.9 Å². The van der Waals surface area contributed by atoms with Crippen molar-refractivity contribution in [2.75, 3.05) is 20.6 Å². The fourth-order valence-corrected chi connectivity index (χ4v) is 1.88. The van der Waals surface area contributed by atoms with Crippen LogP contribution < -0.4 is 10.6 Å². The van der Waals surface area contributed by atoms with E-state index in [0.29, 0.717) is 18.4 Å². The molecule has 1 atom stereocenters. The van der Waals surface area contributed by atoms with Gasteiger partial charge < -0.3 is 15.5 Å². The third kappa shape index (κ3) is 7.50. The third-order valence-electron chi connectivity index (χ3n) is 3.60. The van der Waals surface area contributed by atoms with Crippen LogP contribution in [0.15, 0.2) is 33.7 Å². The number of guanidine groups is 1. The average molecular weight is 383 g/mol. The molecular formula is C17H27BrN4O. The first-order valence-electron chi connectivity index (χ1n) is 7.79. The number of nitrogens with zero attached hydrogens (tertiary/aromatic N) is 2. The van der Waals surface area contributed by atoms with Crippen molar-refractivity contribution < 1.29 is 4.79 Å². The number of rotatable bonds is 6. The molecule has 2 N–H and O–H groups in total. The lowest BCUT2D eigenvalue weighted by molar-refractivity contribution is -0.127. The number of carbonyl (C=O) groups excluding carboxylic acids is 1. The summed E-state index contributed by atoms with van der Waals surface area (Å²) in [5.74, 6) is 1.14. The molecular weight excluding hydrogens is 356 g/mol. The van der Waals surface area contributed by atoms with Gasteiger partial charge in [0.2, 0.25) is 5.91 Å². The van der Waals surface area contributed by atoms with Gasteiger partial charge in [0.15, 0.2) is 5.96 Å². The van der Waals surface area contributed by atoms with Gasteiger partial charge in [0, 0.05) is 24.6 Å². The average Bonchev–Trinajstić information content (AvgIpc) is 2.50. The van der Waals surface area contributed by atoms with Gasteiger partial charge in [0.25, 0.3) is 0 Å². The number of hydrogen-bond acceptors (Lipinski definition) is 2. The number of benzene rings is 1. The van der Waals surface area contributed by atoms with E-state index in [0.717, 1.165) is 10.0 Å². The number of aliphatic imine (C=N–C) groups is 1. The second-order valence-corrected chi connectivity index (χ2v) is 7.03. The van der Waals surface area contributed by atoms with Crippen molar-refractivity contribution in [3.63, 3.8) is 0 Å². The Bertz CT molecular complexity index is 526. The molecule has 1 unspecified atom stereocenters. The predicted molar refractivity (Wildman–Crippen MR) is 99.4 cm³/mol. The number of amides is 1. The highest BCUT2D eigenvalue weighted by Crippen LogP contribution is 2.11. The van der Waals surface area contributed by atoms with E-state index in [2.05, 4.69) is 52.3 Å². The number of carbonyl (C=O) groups is 1. The molecule has 0 aliphatic rings. The SMILES string of the molecule is CC(C)C(C)NC(=NCc1ccc(Br)cc1)NCC(=O)N(C)C. The van der Waals surface area contributed by atoms with Gasteiger partial charge in [-0.05, 0) is 30.5 Å². The highest BCUT2D eigenvalue weighted by molar-refractivity contribution is 9.10. The summed E-state index contributed by atoms with van der Waals surface area (Å²) in [6.07, 6.45) is 0. The van der Waals surface area contributed by atoms with Crippen LogP contribution in [0.4, 0.5) is 0 Å². The van der Waals surface area contributed by atoms with Gasteiger partial charge in [-0.2, -0.15) is 0 Å². The Balaban J connectivity index is 2.73. The molecule has 0 aliphatic heterocycles. The fraction of sp³-hybridized carbons (Fsp3) is 0.529. The molecule has 0 heterocycles. The maximum absolute atomic E-state index is 11.8. The van der Waals surface area contributed by atoms with Crippen molar-refractivity contribution in [2.45, 2.75) is 33.4 Å². The first kappa shape index (κ1) is 19.5. The molecule has 0 radical (unpaired) electrons. The Hall–Kier alpha value is -1.56. The second kappa shape index (κ2) is 9.55. The van der Waals surface area contributed by atoms with Crippen LogP contribution >= 0.6 is 15.9 Å². The Morgan fingerprint density at radius 2 is 1.83 bits per heavy atom. The Morgan fingerprint density at radius 3 is 2.35 bits per heavy atom. The Morgan fingerprint density at radius 1 is 1.22 bits per heavy atom. The molecule has 0 bridgehead atoms. The van der Waals surface area contributed by atoms with E-state index in [-0.39, 0.29) is 18.5 Å². The van der Waals surface area contributed by atoms with E-state index >= 15 is 0 Å². The van der Waals surface area contributed by atoms with Crippen LogP contribution in [0.3, 0.4) is 0 Å². The molecule has 0 aromatic heterocycles. The minimum atomic E-state index is 0.0142. The van der Waals surface area contributed by atoms with E-state index in [4.69, 9.17) is 0 Å². The highest BCUT2D eigenvalue weighted by Gasteiger charge is 2.11. The molecule has 6 heteroatoms. The molecule has 0 spiro atoms. The molecule has 1 aromatic carbocycles. The van der Waals surface area contributed by atoms with Gasteiger partial charge in [-0.3, -0.25) is 4.79 Å². The van der Waals surface area contributed by atoms with Crippen molar-refractivity contribution in [3.8, 4) is 0 Å². The highest BCUT2D eigenvalue weighted by atomic mass is 79.9. The summed E-state index contributed by atoms with van der Waals surface area (Å²) in [6.45, 7) is 7.19. The van der Waals surface area contributed by atoms with E-state index in [1.54, 1.807) is 19.0 Å². The summed E-state index contributed by atoms with van der Waals surface area (Å²) < 4.78 is 1.05. The number of nitrogens with one attached hydrogen (secondary N) is 2. The summed E-state index contributed by atoms with van der Waals surface area (Å²) in [7, 11) is 3.49. The molecule has 1 aromatic rings. The fourth-order valence-electron chi connectivity index (χ4n) is 1.61. The molecule has 0 saturated carbocycles. The van der Waals surface area contributed by atoms with Crippen LogP contribution in [0.1, 0.15) is 26.3 Å². The summed E-state index contributed by atoms with van der Waals surface area (Å²) in [4.78, 5) is 17.9. The zero-order valence-electron chi connectivity index (χ0n) is 14.6. The minimum Gasteiger partial charge on any atom is -0.354 e. The second-order valence-electron chi connectivity index (χ2n) is 6.11. The van der Waals surface area contributed by atoms with Gasteiger partial charge in [0.1, 0.15) is 0 Å². The van der Waals surface area contributed by atoms with Crippen LogP contribution in [0.2, 0.25) is 0 Å². The minimum absolute atomic E-state index is 0.0142. The van der Waals surface area contributed by atoms with Crippen LogP contribution in [-0.2, 0) is 11.3 Å². The third-order valence-corrected chi connectivity index (χ3v) is 4.13. The molecule has 0 fully saturated rings. The summed E-state index contributed by atoms with van der Waals surface area (Å²) in [6, 6.07) is 8.32. The molecule has 23 heavy (non-hydrogen) atoms. The normalized spacial score (nSPS) is 12.9. The molecule has 128 valence electrons. The molecule has 5 nitrogen and oxygen atoms in total. The standard InChI is InChI=1S/C17H27BrN4O/c1-12(2)13(3)21-17(20-11-16(23)22(4)5)19-10-14-6-8-15(18)9-7-14/h6-9,12-13H,10-11H2,1-5H3,(H2,19,20,21). The van der Waals surface area contributed by atoms with Gasteiger partial charge in [-0.1, -0.05) is 41.9 Å². The molecule has 0 aliphatic carbocycles. The quantitative estimate of drug-likeness (QED) is 0.587. The van der Waals surface area contributed by atoms with Gasteiger partial charge in [-0.15, -0.1) is 0 Å². The molecule has 1 amide bonds. The zero-order valence-corrected chi connectivity index (χ0v) is 16.1. The predicted octanol–water partition coefficient (Wildman–Crippen LogP) is 2.62. The summed E-state index contributed by atoms with van der Waals surface area (Å²) in [5.41, 5.74) is 1.12. The maximum Gasteiger partial charge on any atom is 0.241 e. The maximum atomic E-state index is 11.8. The molecule has 1 rings (SSSR count). The Labute approximate surface area is 147 Å². The van der Waals surface area contributed by atoms with Crippen LogP contribution in [0.5, 0.6) is 0 Å². The first-order valence-corrected chi connectivity index (χ1v) is 8.58. The lowest BCUT2D eigenvalue weighted by atomic mass is 10.1. The van der Waals surface area contributed by atoms with Crippen molar-refractivity contribution in [1.82, 2.24) is 15.5 Å². The number of halogens is 1. The van der Waals surface area contributed by atoms with Crippen LogP contribution in [-0.4, -0.2) is 43.4 Å². The van der Waals surface area contributed by atoms with Crippen molar-refractivity contribution >= 4 is 27.8 Å². The molecule has 0 saturated heterocycles. The first-order chi connectivity index (χ1) is 10.8. The number of hydrogen-bond donors (Lipinski definition) is 2. The lowest BCUT2D eigenvalue weighted by Gasteiger charge is -2.21. The van der Waals surface area contributed by atoms with Crippen molar-refractivity contribution in [1.29, 1.82) is 0 Å². The van der Waals surface area contributed by atoms with Gasteiger partial charge >= 0.3 is 0 Å². The summed E-state index contributed by atoms with van der Waals surface area (Å²) in [5, 5.41) is 6.46. The van der Waals surface area contributed by atoms with E-state index in [9.17, 15) is 4.79 Å². The smallest absolute Gasteiger partial charge is 0.241 e. The Kier molecular flexibility index (Phi) is 8.09. The largest absolute Gasteiger partial charge is 0.354 e. The number of likely N-dealkylation sites (N-methyl/N-ethyl adjacent to an activating group) is 1. The van der Waals surface area contributed by atoms with E-state index < -0.39 is 0 Å². The van der Waals surface area contributed by atoms with Gasteiger partial charge in [-0.25, -0.2) is 4.99 Å². The summed E-state index contributed by atoms with van der Waals surface area (Å²) >= 11 is 3.43. The van der Waals surface area contributed by atoms with Crippen LogP contribution in [0.25, 0.3) is 0 Å². The van der Waals surface area contributed by atoms with Crippen molar-refractivity contribution in [3.05, 3.63) is 34.3 Å².